The molecule has 0 aromatic heterocycles. The van der Waals surface area contributed by atoms with Crippen molar-refractivity contribution in [2.24, 2.45) is 0 Å². The van der Waals surface area contributed by atoms with Gasteiger partial charge in [-0.25, -0.2) is 8.78 Å². The zero-order chi connectivity index (χ0) is 14.0. The molecule has 0 amide bonds. The lowest BCUT2D eigenvalue weighted by molar-refractivity contribution is 0.177. The smallest absolute Gasteiger partial charge is 0.162 e. The van der Waals surface area contributed by atoms with Gasteiger partial charge in [0.15, 0.2) is 11.6 Å². The summed E-state index contributed by atoms with van der Waals surface area (Å²) in [7, 11) is 0. The third-order valence-corrected chi connectivity index (χ3v) is 3.34. The van der Waals surface area contributed by atoms with Crippen molar-refractivity contribution in [2.45, 2.75) is 12.5 Å². The normalized spacial score (nSPS) is 12.5. The lowest BCUT2D eigenvalue weighted by Gasteiger charge is -2.14. The van der Waals surface area contributed by atoms with E-state index in [2.05, 4.69) is 0 Å². The second-order valence-corrected chi connectivity index (χ2v) is 4.94. The van der Waals surface area contributed by atoms with Gasteiger partial charge >= 0.3 is 0 Å². The molecule has 0 aliphatic rings. The van der Waals surface area contributed by atoms with Crippen LogP contribution in [0.3, 0.4) is 0 Å². The number of rotatable bonds is 3. The molecule has 0 aliphatic heterocycles. The molecule has 0 fully saturated rings. The molecule has 0 spiro atoms. The molecule has 1 atom stereocenters. The number of benzene rings is 2. The predicted octanol–water partition coefficient (Wildman–Crippen LogP) is 4.55. The maximum absolute atomic E-state index is 13.5. The molecule has 19 heavy (non-hydrogen) atoms. The van der Waals surface area contributed by atoms with Crippen LogP contribution in [0.5, 0.6) is 0 Å². The Morgan fingerprint density at radius 2 is 1.84 bits per heavy atom. The summed E-state index contributed by atoms with van der Waals surface area (Å²) in [5, 5.41) is 10.8. The van der Waals surface area contributed by atoms with Crippen LogP contribution in [-0.4, -0.2) is 5.11 Å². The molecule has 2 rings (SSSR count). The maximum atomic E-state index is 13.5. The lowest BCUT2D eigenvalue weighted by atomic mass is 10.0. The van der Waals surface area contributed by atoms with Gasteiger partial charge in [0.2, 0.25) is 0 Å². The van der Waals surface area contributed by atoms with E-state index in [9.17, 15) is 13.9 Å². The molecule has 0 heterocycles. The largest absolute Gasteiger partial charge is 0.388 e. The number of halogens is 4. The van der Waals surface area contributed by atoms with E-state index in [0.29, 0.717) is 15.6 Å². The summed E-state index contributed by atoms with van der Waals surface area (Å²) in [6.07, 6.45) is -1.13. The summed E-state index contributed by atoms with van der Waals surface area (Å²) in [4.78, 5) is 0. The Morgan fingerprint density at radius 1 is 1.11 bits per heavy atom. The number of hydrogen-bond acceptors (Lipinski definition) is 1. The van der Waals surface area contributed by atoms with Gasteiger partial charge in [-0.1, -0.05) is 35.3 Å². The molecular weight excluding hydrogens is 293 g/mol. The van der Waals surface area contributed by atoms with E-state index in [-0.39, 0.29) is 12.0 Å². The van der Waals surface area contributed by atoms with E-state index in [0.717, 1.165) is 6.07 Å². The average molecular weight is 303 g/mol. The van der Waals surface area contributed by atoms with Crippen LogP contribution < -0.4 is 0 Å². The summed E-state index contributed by atoms with van der Waals surface area (Å²) in [6.45, 7) is 0. The molecule has 5 heteroatoms. The van der Waals surface area contributed by atoms with E-state index in [1.165, 1.54) is 18.2 Å². The highest BCUT2D eigenvalue weighted by Gasteiger charge is 2.16. The first-order valence-electron chi connectivity index (χ1n) is 5.55. The van der Waals surface area contributed by atoms with E-state index < -0.39 is 17.7 Å². The summed E-state index contributed by atoms with van der Waals surface area (Å²) < 4.78 is 26.6. The maximum Gasteiger partial charge on any atom is 0.162 e. The molecule has 0 saturated carbocycles. The van der Waals surface area contributed by atoms with Crippen LogP contribution in [-0.2, 0) is 6.42 Å². The fourth-order valence-corrected chi connectivity index (χ4v) is 2.22. The highest BCUT2D eigenvalue weighted by molar-refractivity contribution is 6.33. The Balaban J connectivity index is 2.28. The van der Waals surface area contributed by atoms with Gasteiger partial charge in [-0.2, -0.15) is 0 Å². The molecule has 2 aromatic rings. The molecule has 0 radical (unpaired) electrons. The van der Waals surface area contributed by atoms with Gasteiger partial charge in [0, 0.05) is 22.0 Å². The number of aliphatic hydroxyl groups excluding tert-OH is 1. The Bertz CT molecular complexity index is 602. The fourth-order valence-electron chi connectivity index (χ4n) is 1.79. The minimum atomic E-state index is -1.05. The zero-order valence-electron chi connectivity index (χ0n) is 9.71. The van der Waals surface area contributed by atoms with Gasteiger partial charge in [0.05, 0.1) is 6.10 Å². The van der Waals surface area contributed by atoms with Crippen molar-refractivity contribution in [1.29, 1.82) is 0 Å². The standard InChI is InChI=1S/C14H10Cl2F2O/c15-9-4-5-11(16)10(7-9)13(19)6-8-2-1-3-12(17)14(8)18/h1-5,7,13,19H,6H2. The van der Waals surface area contributed by atoms with Gasteiger partial charge < -0.3 is 5.11 Å². The van der Waals surface area contributed by atoms with Gasteiger partial charge in [0.1, 0.15) is 0 Å². The quantitative estimate of drug-likeness (QED) is 0.882. The third-order valence-electron chi connectivity index (χ3n) is 2.76. The highest BCUT2D eigenvalue weighted by Crippen LogP contribution is 2.29. The van der Waals surface area contributed by atoms with Crippen molar-refractivity contribution in [3.8, 4) is 0 Å². The van der Waals surface area contributed by atoms with Gasteiger partial charge in [-0.15, -0.1) is 0 Å². The molecule has 1 nitrogen and oxygen atoms in total. The summed E-state index contributed by atoms with van der Waals surface area (Å²) in [5.74, 6) is -1.90. The Morgan fingerprint density at radius 3 is 2.58 bits per heavy atom. The van der Waals surface area contributed by atoms with Crippen molar-refractivity contribution < 1.29 is 13.9 Å². The monoisotopic (exact) mass is 302 g/mol. The van der Waals surface area contributed by atoms with Crippen LogP contribution in [0.2, 0.25) is 10.0 Å². The fraction of sp³-hybridized carbons (Fsp3) is 0.143. The second-order valence-electron chi connectivity index (χ2n) is 4.10. The molecule has 1 N–H and O–H groups in total. The van der Waals surface area contributed by atoms with Crippen molar-refractivity contribution in [3.05, 3.63) is 69.2 Å². The predicted molar refractivity (Wildman–Crippen MR) is 71.5 cm³/mol. The van der Waals surface area contributed by atoms with E-state index in [1.807, 2.05) is 0 Å². The molecular formula is C14H10Cl2F2O. The van der Waals surface area contributed by atoms with Crippen LogP contribution in [0, 0.1) is 11.6 Å². The lowest BCUT2D eigenvalue weighted by Crippen LogP contribution is -2.05. The first-order valence-corrected chi connectivity index (χ1v) is 6.30. The third kappa shape index (κ3) is 3.24. The van der Waals surface area contributed by atoms with Crippen LogP contribution in [0.15, 0.2) is 36.4 Å². The molecule has 100 valence electrons. The first-order chi connectivity index (χ1) is 8.99. The van der Waals surface area contributed by atoms with Crippen LogP contribution in [0.4, 0.5) is 8.78 Å². The zero-order valence-corrected chi connectivity index (χ0v) is 11.2. The van der Waals surface area contributed by atoms with Gasteiger partial charge in [-0.05, 0) is 29.8 Å². The Labute approximate surface area is 119 Å². The Kier molecular flexibility index (Phi) is 4.40. The molecule has 0 aliphatic carbocycles. The summed E-state index contributed by atoms with van der Waals surface area (Å²) in [6, 6.07) is 8.47. The van der Waals surface area contributed by atoms with E-state index in [1.54, 1.807) is 12.1 Å². The average Bonchev–Trinajstić information content (AvgIpc) is 2.38. The topological polar surface area (TPSA) is 20.2 Å². The summed E-state index contributed by atoms with van der Waals surface area (Å²) >= 11 is 11.8. The summed E-state index contributed by atoms with van der Waals surface area (Å²) in [5.41, 5.74) is 0.473. The van der Waals surface area contributed by atoms with Crippen molar-refractivity contribution in [1.82, 2.24) is 0 Å². The van der Waals surface area contributed by atoms with Crippen molar-refractivity contribution in [2.75, 3.05) is 0 Å². The van der Waals surface area contributed by atoms with Crippen LogP contribution in [0.1, 0.15) is 17.2 Å². The van der Waals surface area contributed by atoms with Crippen molar-refractivity contribution >= 4 is 23.2 Å². The van der Waals surface area contributed by atoms with E-state index >= 15 is 0 Å². The SMILES string of the molecule is OC(Cc1cccc(F)c1F)c1cc(Cl)ccc1Cl. The second kappa shape index (κ2) is 5.87. The minimum absolute atomic E-state index is 0.0797. The molecule has 1 unspecified atom stereocenters. The molecule has 0 saturated heterocycles. The minimum Gasteiger partial charge on any atom is -0.388 e. The number of aliphatic hydroxyl groups is 1. The van der Waals surface area contributed by atoms with Crippen LogP contribution in [0.25, 0.3) is 0 Å². The van der Waals surface area contributed by atoms with E-state index in [4.69, 9.17) is 23.2 Å². The number of hydrogen-bond donors (Lipinski definition) is 1. The first kappa shape index (κ1) is 14.3. The van der Waals surface area contributed by atoms with Crippen molar-refractivity contribution in [3.63, 3.8) is 0 Å². The van der Waals surface area contributed by atoms with Crippen LogP contribution >= 0.6 is 23.2 Å². The Hall–Kier alpha value is -1.16. The van der Waals surface area contributed by atoms with Gasteiger partial charge in [-0.3, -0.25) is 0 Å². The molecule has 2 aromatic carbocycles. The van der Waals surface area contributed by atoms with Gasteiger partial charge in [0.25, 0.3) is 0 Å². The molecule has 0 bridgehead atoms. The highest BCUT2D eigenvalue weighted by atomic mass is 35.5.